The molecule has 1 aromatic heterocycles. The fraction of sp³-hybridized carbons (Fsp3) is 0. The molecule has 0 amide bonds. The topological polar surface area (TPSA) is 47.0 Å². The molecule has 6 aromatic carbocycles. The lowest BCUT2D eigenvalue weighted by Crippen LogP contribution is -2.20. The summed E-state index contributed by atoms with van der Waals surface area (Å²) in [6, 6.07) is 57.3. The van der Waals surface area contributed by atoms with Crippen molar-refractivity contribution in [2.45, 2.75) is 0 Å². The second kappa shape index (κ2) is 13.1. The number of para-hydroxylation sites is 2. The molecule has 0 saturated heterocycles. The van der Waals surface area contributed by atoms with Gasteiger partial charge in [0.05, 0.1) is 17.1 Å². The first-order valence-electron chi connectivity index (χ1n) is 14.9. The van der Waals surface area contributed by atoms with Crippen LogP contribution in [0.25, 0.3) is 45.0 Å². The summed E-state index contributed by atoms with van der Waals surface area (Å²) in [5.41, 5.74) is 9.98. The summed E-state index contributed by atoms with van der Waals surface area (Å²) in [5, 5.41) is 3.51. The molecule has 1 N–H and O–H groups in total. The van der Waals surface area contributed by atoms with Gasteiger partial charge in [-0.3, -0.25) is 0 Å². The number of rotatable bonds is 9. The van der Waals surface area contributed by atoms with E-state index in [2.05, 4.69) is 96.3 Å². The summed E-state index contributed by atoms with van der Waals surface area (Å²) in [7, 11) is 1.78. The maximum atomic E-state index is 6.14. The van der Waals surface area contributed by atoms with Crippen molar-refractivity contribution in [2.75, 3.05) is 5.32 Å². The molecule has 0 bridgehead atoms. The highest BCUT2D eigenvalue weighted by molar-refractivity contribution is 6.47. The monoisotopic (exact) mass is 578 g/mol. The van der Waals surface area contributed by atoms with Crippen LogP contribution in [0.15, 0.2) is 170 Å². The molecule has 1 radical (unpaired) electrons. The van der Waals surface area contributed by atoms with Crippen LogP contribution in [-0.2, 0) is 0 Å². The van der Waals surface area contributed by atoms with E-state index in [4.69, 9.17) is 14.6 Å². The van der Waals surface area contributed by atoms with E-state index in [0.29, 0.717) is 5.82 Å². The van der Waals surface area contributed by atoms with Gasteiger partial charge < -0.3 is 9.97 Å². The van der Waals surface area contributed by atoms with Gasteiger partial charge in [0.1, 0.15) is 5.75 Å². The molecule has 213 valence electrons. The molecule has 0 fully saturated rings. The summed E-state index contributed by atoms with van der Waals surface area (Å²) in [4.78, 5) is 9.85. The third-order valence-corrected chi connectivity index (χ3v) is 7.51. The summed E-state index contributed by atoms with van der Waals surface area (Å²) in [5.74, 6) is 1.44. The third kappa shape index (κ3) is 6.68. The Labute approximate surface area is 264 Å². The van der Waals surface area contributed by atoms with Gasteiger partial charge >= 0.3 is 7.48 Å². The van der Waals surface area contributed by atoms with E-state index >= 15 is 0 Å². The molecule has 0 spiro atoms. The molecule has 5 heteroatoms. The van der Waals surface area contributed by atoms with E-state index in [0.717, 1.165) is 50.7 Å². The molecule has 45 heavy (non-hydrogen) atoms. The summed E-state index contributed by atoms with van der Waals surface area (Å²) >= 11 is 0. The Hall–Kier alpha value is -5.94. The van der Waals surface area contributed by atoms with Crippen molar-refractivity contribution in [1.82, 2.24) is 9.97 Å². The molecule has 7 rings (SSSR count). The van der Waals surface area contributed by atoms with Gasteiger partial charge in [0.15, 0.2) is 5.82 Å². The average Bonchev–Trinajstić information content (AvgIpc) is 3.13. The van der Waals surface area contributed by atoms with Crippen molar-refractivity contribution in [3.63, 3.8) is 0 Å². The Bertz CT molecular complexity index is 1940. The van der Waals surface area contributed by atoms with Crippen LogP contribution in [0.5, 0.6) is 5.75 Å². The molecule has 4 nitrogen and oxygen atoms in total. The van der Waals surface area contributed by atoms with Gasteiger partial charge in [0.25, 0.3) is 0 Å². The number of hydrogen-bond donors (Lipinski definition) is 1. The Kier molecular flexibility index (Phi) is 8.14. The highest BCUT2D eigenvalue weighted by Crippen LogP contribution is 2.31. The fourth-order valence-electron chi connectivity index (χ4n) is 5.14. The fourth-order valence-corrected chi connectivity index (χ4v) is 5.14. The van der Waals surface area contributed by atoms with E-state index in [9.17, 15) is 0 Å². The molecule has 0 aliphatic carbocycles. The number of anilines is 2. The van der Waals surface area contributed by atoms with Gasteiger partial charge in [-0.05, 0) is 46.9 Å². The number of aromatic nitrogens is 2. The number of nitrogens with one attached hydrogen (secondary N) is 1. The van der Waals surface area contributed by atoms with Crippen molar-refractivity contribution in [3.8, 4) is 50.8 Å². The minimum Gasteiger partial charge on any atom is -0.556 e. The highest BCUT2D eigenvalue weighted by atomic mass is 16.4. The zero-order valence-electron chi connectivity index (χ0n) is 24.5. The molecule has 0 saturated carbocycles. The minimum atomic E-state index is 0.700. The first-order valence-corrected chi connectivity index (χ1v) is 14.9. The normalized spacial score (nSPS) is 10.7. The predicted molar refractivity (Wildman–Crippen MR) is 186 cm³/mol. The molecular formula is C40H29BN3O. The van der Waals surface area contributed by atoms with Crippen molar-refractivity contribution in [3.05, 3.63) is 170 Å². The smallest absolute Gasteiger partial charge is 0.408 e. The Morgan fingerprint density at radius 1 is 0.444 bits per heavy atom. The lowest BCUT2D eigenvalue weighted by Gasteiger charge is -2.14. The molecule has 0 unspecified atom stereocenters. The standard InChI is InChI=1S/C40H29BN3O/c1-4-12-29(13-5-1)30-20-24-34(25-21-30)41-45-39-19-11-10-18-36(39)42-35-26-22-32(23-27-35)38-28-37(31-14-6-2-7-15-31)43-40(44-38)33-16-8-3-9-17-33/h1-28,42H. The first-order chi connectivity index (χ1) is 22.3. The van der Waals surface area contributed by atoms with Crippen LogP contribution in [0.3, 0.4) is 0 Å². The summed E-state index contributed by atoms with van der Waals surface area (Å²) in [6.45, 7) is 0. The minimum absolute atomic E-state index is 0.700. The average molecular weight is 579 g/mol. The molecule has 1 heterocycles. The van der Waals surface area contributed by atoms with Crippen molar-refractivity contribution in [2.24, 2.45) is 0 Å². The van der Waals surface area contributed by atoms with E-state index in [1.165, 1.54) is 11.1 Å². The Balaban J connectivity index is 1.09. The van der Waals surface area contributed by atoms with Gasteiger partial charge in [-0.1, -0.05) is 140 Å². The Morgan fingerprint density at radius 3 is 1.58 bits per heavy atom. The summed E-state index contributed by atoms with van der Waals surface area (Å²) in [6.07, 6.45) is 0. The quantitative estimate of drug-likeness (QED) is 0.174. The van der Waals surface area contributed by atoms with Gasteiger partial charge in [-0.2, -0.15) is 0 Å². The second-order valence-electron chi connectivity index (χ2n) is 10.6. The van der Waals surface area contributed by atoms with Crippen molar-refractivity contribution in [1.29, 1.82) is 0 Å². The van der Waals surface area contributed by atoms with Crippen molar-refractivity contribution < 1.29 is 4.65 Å². The lowest BCUT2D eigenvalue weighted by atomic mass is 9.86. The zero-order chi connectivity index (χ0) is 30.3. The van der Waals surface area contributed by atoms with Crippen LogP contribution in [0.1, 0.15) is 0 Å². The number of hydrogen-bond acceptors (Lipinski definition) is 4. The largest absolute Gasteiger partial charge is 0.556 e. The maximum absolute atomic E-state index is 6.14. The van der Waals surface area contributed by atoms with Gasteiger partial charge in [0, 0.05) is 22.4 Å². The lowest BCUT2D eigenvalue weighted by molar-refractivity contribution is 0.607. The molecule has 0 atom stereocenters. The summed E-state index contributed by atoms with van der Waals surface area (Å²) < 4.78 is 6.14. The van der Waals surface area contributed by atoms with E-state index in [-0.39, 0.29) is 0 Å². The number of benzene rings is 6. The molecule has 7 aromatic rings. The van der Waals surface area contributed by atoms with E-state index in [1.807, 2.05) is 78.9 Å². The van der Waals surface area contributed by atoms with Gasteiger partial charge in [-0.15, -0.1) is 0 Å². The second-order valence-corrected chi connectivity index (χ2v) is 10.6. The van der Waals surface area contributed by atoms with Crippen LogP contribution in [-0.4, -0.2) is 17.5 Å². The maximum Gasteiger partial charge on any atom is 0.408 e. The molecule has 0 aliphatic rings. The van der Waals surface area contributed by atoms with Crippen LogP contribution >= 0.6 is 0 Å². The SMILES string of the molecule is [B](Oc1ccccc1Nc1ccc(-c2cc(-c3ccccc3)nc(-c3ccccc3)n2)cc1)c1ccc(-c2ccccc2)cc1. The molecule has 0 aliphatic heterocycles. The predicted octanol–water partition coefficient (Wildman–Crippen LogP) is 9.21. The van der Waals surface area contributed by atoms with Gasteiger partial charge in [0.2, 0.25) is 0 Å². The van der Waals surface area contributed by atoms with Crippen LogP contribution in [0, 0.1) is 0 Å². The van der Waals surface area contributed by atoms with Crippen molar-refractivity contribution >= 4 is 24.3 Å². The first kappa shape index (κ1) is 27.9. The zero-order valence-corrected chi connectivity index (χ0v) is 24.5. The van der Waals surface area contributed by atoms with Crippen LogP contribution in [0.2, 0.25) is 0 Å². The van der Waals surface area contributed by atoms with Crippen LogP contribution in [0.4, 0.5) is 11.4 Å². The third-order valence-electron chi connectivity index (χ3n) is 7.51. The van der Waals surface area contributed by atoms with E-state index < -0.39 is 0 Å². The highest BCUT2D eigenvalue weighted by Gasteiger charge is 2.11. The van der Waals surface area contributed by atoms with E-state index in [1.54, 1.807) is 7.48 Å². The Morgan fingerprint density at radius 2 is 0.933 bits per heavy atom. The van der Waals surface area contributed by atoms with Crippen LogP contribution < -0.4 is 15.4 Å². The molecular weight excluding hydrogens is 549 g/mol. The number of nitrogens with zero attached hydrogens (tertiary/aromatic N) is 2. The van der Waals surface area contributed by atoms with Gasteiger partial charge in [-0.25, -0.2) is 9.97 Å².